The fraction of sp³-hybridized carbons (Fsp3) is 0.381. The van der Waals surface area contributed by atoms with E-state index in [2.05, 4.69) is 0 Å². The van der Waals surface area contributed by atoms with Crippen molar-refractivity contribution in [3.8, 4) is 11.5 Å². The molecule has 138 valence electrons. The molecule has 5 nitrogen and oxygen atoms in total. The van der Waals surface area contributed by atoms with Gasteiger partial charge < -0.3 is 19.1 Å². The van der Waals surface area contributed by atoms with Crippen LogP contribution in [0.3, 0.4) is 0 Å². The van der Waals surface area contributed by atoms with Gasteiger partial charge in [0.15, 0.2) is 0 Å². The SMILES string of the molecule is CN(CCOc1ccccc1)C(=O)c1cccc(OCC2CCCO2)c1. The fourth-order valence-electron chi connectivity index (χ4n) is 2.82. The summed E-state index contributed by atoms with van der Waals surface area (Å²) in [7, 11) is 1.77. The van der Waals surface area contributed by atoms with Crippen molar-refractivity contribution in [3.63, 3.8) is 0 Å². The van der Waals surface area contributed by atoms with Crippen LogP contribution < -0.4 is 9.47 Å². The van der Waals surface area contributed by atoms with Crippen LogP contribution in [0, 0.1) is 0 Å². The number of carbonyl (C=O) groups excluding carboxylic acids is 1. The normalized spacial score (nSPS) is 16.3. The minimum absolute atomic E-state index is 0.0516. The van der Waals surface area contributed by atoms with Gasteiger partial charge >= 0.3 is 0 Å². The van der Waals surface area contributed by atoms with Gasteiger partial charge in [-0.1, -0.05) is 24.3 Å². The summed E-state index contributed by atoms with van der Waals surface area (Å²) < 4.78 is 17.0. The molecule has 0 aliphatic carbocycles. The summed E-state index contributed by atoms with van der Waals surface area (Å²) in [5.41, 5.74) is 0.608. The summed E-state index contributed by atoms with van der Waals surface area (Å²) in [6.07, 6.45) is 2.28. The van der Waals surface area contributed by atoms with Crippen molar-refractivity contribution in [1.82, 2.24) is 4.90 Å². The van der Waals surface area contributed by atoms with Crippen LogP contribution in [-0.2, 0) is 4.74 Å². The van der Waals surface area contributed by atoms with Crippen LogP contribution in [0.15, 0.2) is 54.6 Å². The summed E-state index contributed by atoms with van der Waals surface area (Å²) in [5, 5.41) is 0. The van der Waals surface area contributed by atoms with Gasteiger partial charge in [0.05, 0.1) is 12.6 Å². The molecule has 0 bridgehead atoms. The molecule has 1 atom stereocenters. The number of rotatable bonds is 8. The van der Waals surface area contributed by atoms with Crippen LogP contribution in [0.1, 0.15) is 23.2 Å². The van der Waals surface area contributed by atoms with Crippen molar-refractivity contribution in [2.45, 2.75) is 18.9 Å². The van der Waals surface area contributed by atoms with Crippen LogP contribution in [0.5, 0.6) is 11.5 Å². The number of para-hydroxylation sites is 1. The van der Waals surface area contributed by atoms with E-state index in [1.54, 1.807) is 24.1 Å². The Labute approximate surface area is 154 Å². The summed E-state index contributed by atoms with van der Waals surface area (Å²) >= 11 is 0. The quantitative estimate of drug-likeness (QED) is 0.728. The molecule has 2 aromatic rings. The van der Waals surface area contributed by atoms with Crippen LogP contribution >= 0.6 is 0 Å². The van der Waals surface area contributed by atoms with Crippen LogP contribution in [-0.4, -0.2) is 50.3 Å². The Bertz CT molecular complexity index is 698. The van der Waals surface area contributed by atoms with Crippen molar-refractivity contribution in [3.05, 3.63) is 60.2 Å². The maximum absolute atomic E-state index is 12.6. The fourth-order valence-corrected chi connectivity index (χ4v) is 2.82. The number of nitrogens with zero attached hydrogens (tertiary/aromatic N) is 1. The molecular formula is C21H25NO4. The van der Waals surface area contributed by atoms with E-state index in [-0.39, 0.29) is 12.0 Å². The molecule has 1 saturated heterocycles. The lowest BCUT2D eigenvalue weighted by molar-refractivity contribution is 0.0678. The van der Waals surface area contributed by atoms with Crippen LogP contribution in [0.4, 0.5) is 0 Å². The second-order valence-electron chi connectivity index (χ2n) is 6.36. The Morgan fingerprint density at radius 2 is 1.92 bits per heavy atom. The zero-order valence-electron chi connectivity index (χ0n) is 15.1. The molecule has 3 rings (SSSR count). The highest BCUT2D eigenvalue weighted by Gasteiger charge is 2.17. The van der Waals surface area contributed by atoms with Gasteiger partial charge in [0, 0.05) is 19.2 Å². The molecule has 0 spiro atoms. The van der Waals surface area contributed by atoms with E-state index in [0.29, 0.717) is 31.1 Å². The van der Waals surface area contributed by atoms with Crippen molar-refractivity contribution in [2.24, 2.45) is 0 Å². The molecule has 1 heterocycles. The van der Waals surface area contributed by atoms with Gasteiger partial charge in [-0.25, -0.2) is 0 Å². The Morgan fingerprint density at radius 3 is 2.69 bits per heavy atom. The second kappa shape index (κ2) is 9.25. The number of ether oxygens (including phenoxy) is 3. The molecule has 0 saturated carbocycles. The van der Waals surface area contributed by atoms with E-state index in [4.69, 9.17) is 14.2 Å². The average Bonchev–Trinajstić information content (AvgIpc) is 3.20. The van der Waals surface area contributed by atoms with Crippen molar-refractivity contribution < 1.29 is 19.0 Å². The third-order valence-corrected chi connectivity index (χ3v) is 4.33. The smallest absolute Gasteiger partial charge is 0.253 e. The molecular weight excluding hydrogens is 330 g/mol. The van der Waals surface area contributed by atoms with Crippen molar-refractivity contribution in [2.75, 3.05) is 33.4 Å². The van der Waals surface area contributed by atoms with E-state index in [9.17, 15) is 4.79 Å². The van der Waals surface area contributed by atoms with E-state index in [0.717, 1.165) is 25.2 Å². The number of likely N-dealkylation sites (N-methyl/N-ethyl adjacent to an activating group) is 1. The van der Waals surface area contributed by atoms with Gasteiger partial charge in [-0.15, -0.1) is 0 Å². The zero-order valence-corrected chi connectivity index (χ0v) is 15.1. The number of carbonyl (C=O) groups is 1. The first kappa shape index (κ1) is 18.3. The first-order valence-electron chi connectivity index (χ1n) is 9.00. The summed E-state index contributed by atoms with van der Waals surface area (Å²) in [4.78, 5) is 14.2. The Balaban J connectivity index is 1.48. The van der Waals surface area contributed by atoms with Crippen molar-refractivity contribution >= 4 is 5.91 Å². The van der Waals surface area contributed by atoms with E-state index in [1.807, 2.05) is 42.5 Å². The number of hydrogen-bond donors (Lipinski definition) is 0. The third kappa shape index (κ3) is 5.23. The molecule has 1 aliphatic rings. The lowest BCUT2D eigenvalue weighted by Gasteiger charge is -2.18. The molecule has 1 aliphatic heterocycles. The third-order valence-electron chi connectivity index (χ3n) is 4.33. The highest BCUT2D eigenvalue weighted by molar-refractivity contribution is 5.94. The highest BCUT2D eigenvalue weighted by Crippen LogP contribution is 2.18. The van der Waals surface area contributed by atoms with Gasteiger partial charge in [0.25, 0.3) is 5.91 Å². The minimum Gasteiger partial charge on any atom is -0.492 e. The van der Waals surface area contributed by atoms with Gasteiger partial charge in [-0.2, -0.15) is 0 Å². The van der Waals surface area contributed by atoms with Gasteiger partial charge in [0.2, 0.25) is 0 Å². The largest absolute Gasteiger partial charge is 0.492 e. The predicted molar refractivity (Wildman–Crippen MR) is 99.8 cm³/mol. The predicted octanol–water partition coefficient (Wildman–Crippen LogP) is 3.40. The highest BCUT2D eigenvalue weighted by atomic mass is 16.5. The number of benzene rings is 2. The lowest BCUT2D eigenvalue weighted by atomic mass is 10.2. The molecule has 1 unspecified atom stereocenters. The molecule has 0 aromatic heterocycles. The van der Waals surface area contributed by atoms with Crippen LogP contribution in [0.2, 0.25) is 0 Å². The topological polar surface area (TPSA) is 48.0 Å². The molecule has 1 fully saturated rings. The summed E-state index contributed by atoms with van der Waals surface area (Å²) in [5.74, 6) is 1.45. The first-order chi connectivity index (χ1) is 12.7. The molecule has 2 aromatic carbocycles. The van der Waals surface area contributed by atoms with E-state index < -0.39 is 0 Å². The zero-order chi connectivity index (χ0) is 18.2. The Kier molecular flexibility index (Phi) is 6.50. The van der Waals surface area contributed by atoms with Crippen LogP contribution in [0.25, 0.3) is 0 Å². The maximum Gasteiger partial charge on any atom is 0.253 e. The molecule has 1 amide bonds. The molecule has 0 N–H and O–H groups in total. The minimum atomic E-state index is -0.0516. The summed E-state index contributed by atoms with van der Waals surface area (Å²) in [6.45, 7) is 2.29. The Hall–Kier alpha value is -2.53. The maximum atomic E-state index is 12.6. The van der Waals surface area contributed by atoms with E-state index in [1.165, 1.54) is 0 Å². The van der Waals surface area contributed by atoms with Gasteiger partial charge in [0.1, 0.15) is 24.7 Å². The summed E-state index contributed by atoms with van der Waals surface area (Å²) in [6, 6.07) is 16.9. The number of hydrogen-bond acceptors (Lipinski definition) is 4. The molecule has 5 heteroatoms. The lowest BCUT2D eigenvalue weighted by Crippen LogP contribution is -2.30. The van der Waals surface area contributed by atoms with Gasteiger partial charge in [-0.05, 0) is 43.2 Å². The first-order valence-corrected chi connectivity index (χ1v) is 9.00. The molecule has 0 radical (unpaired) electrons. The van der Waals surface area contributed by atoms with E-state index >= 15 is 0 Å². The van der Waals surface area contributed by atoms with Crippen molar-refractivity contribution in [1.29, 1.82) is 0 Å². The number of amides is 1. The average molecular weight is 355 g/mol. The second-order valence-corrected chi connectivity index (χ2v) is 6.36. The molecule has 26 heavy (non-hydrogen) atoms. The van der Waals surface area contributed by atoms with Gasteiger partial charge in [-0.3, -0.25) is 4.79 Å². The standard InChI is InChI=1S/C21H25NO4/c1-22(12-14-25-18-8-3-2-4-9-18)21(23)17-7-5-10-19(15-17)26-16-20-11-6-13-24-20/h2-5,7-10,15,20H,6,11-14,16H2,1H3. The monoisotopic (exact) mass is 355 g/mol. The Morgan fingerprint density at radius 1 is 1.12 bits per heavy atom.